The van der Waals surface area contributed by atoms with Crippen LogP contribution in [0.3, 0.4) is 0 Å². The number of ether oxygens (including phenoxy) is 1. The molecule has 12 heteroatoms. The normalized spacial score (nSPS) is 15.2. The van der Waals surface area contributed by atoms with Crippen LogP contribution in [0.4, 0.5) is 10.1 Å². The van der Waals surface area contributed by atoms with Crippen LogP contribution in [0.5, 0.6) is 5.75 Å². The lowest BCUT2D eigenvalue weighted by Gasteiger charge is -2.13. The van der Waals surface area contributed by atoms with Crippen LogP contribution in [0.1, 0.15) is 16.9 Å². The molecule has 0 bridgehead atoms. The lowest BCUT2D eigenvalue weighted by Crippen LogP contribution is -2.28. The molecule has 1 aliphatic heterocycles. The fourth-order valence-corrected chi connectivity index (χ4v) is 5.12. The molecule has 42 heavy (non-hydrogen) atoms. The summed E-state index contributed by atoms with van der Waals surface area (Å²) in [6.07, 6.45) is 4.75. The van der Waals surface area contributed by atoms with Crippen LogP contribution in [0.2, 0.25) is 5.02 Å². The van der Waals surface area contributed by atoms with Gasteiger partial charge in [0.25, 0.3) is 11.8 Å². The van der Waals surface area contributed by atoms with Crippen LogP contribution in [0.15, 0.2) is 109 Å². The Morgan fingerprint density at radius 3 is 2.64 bits per heavy atom. The van der Waals surface area contributed by atoms with Crippen molar-refractivity contribution in [2.45, 2.75) is 6.54 Å². The Morgan fingerprint density at radius 2 is 1.90 bits per heavy atom. The third kappa shape index (κ3) is 7.75. The first-order chi connectivity index (χ1) is 20.3. The fraction of sp³-hybridized carbons (Fsp3) is 0.0667. The predicted molar refractivity (Wildman–Crippen MR) is 166 cm³/mol. The lowest BCUT2D eigenvalue weighted by molar-refractivity contribution is -0.122. The predicted octanol–water partition coefficient (Wildman–Crippen LogP) is 7.36. The van der Waals surface area contributed by atoms with E-state index in [2.05, 4.69) is 31.4 Å². The van der Waals surface area contributed by atoms with Crippen molar-refractivity contribution in [2.75, 3.05) is 11.9 Å². The van der Waals surface area contributed by atoms with Crippen molar-refractivity contribution in [3.8, 4) is 5.75 Å². The molecule has 1 aliphatic rings. The van der Waals surface area contributed by atoms with Gasteiger partial charge in [0, 0.05) is 20.7 Å². The van der Waals surface area contributed by atoms with Gasteiger partial charge in [-0.1, -0.05) is 39.7 Å². The molecule has 3 aromatic carbocycles. The third-order valence-corrected chi connectivity index (χ3v) is 7.51. The average molecular weight is 668 g/mol. The highest BCUT2D eigenvalue weighted by Crippen LogP contribution is 2.36. The Morgan fingerprint density at radius 1 is 1.12 bits per heavy atom. The van der Waals surface area contributed by atoms with E-state index in [1.807, 2.05) is 24.3 Å². The number of amidine groups is 1. The summed E-state index contributed by atoms with van der Waals surface area (Å²) in [7, 11) is 0. The topological polar surface area (TPSA) is 96.5 Å². The number of furan rings is 1. The summed E-state index contributed by atoms with van der Waals surface area (Å²) in [5, 5.41) is 11.9. The van der Waals surface area contributed by atoms with Crippen LogP contribution in [-0.2, 0) is 16.1 Å². The number of hydrogen-bond donors (Lipinski definition) is 1. The quantitative estimate of drug-likeness (QED) is 0.114. The van der Waals surface area contributed by atoms with Crippen molar-refractivity contribution in [2.24, 2.45) is 10.2 Å². The first-order valence-electron chi connectivity index (χ1n) is 12.4. The summed E-state index contributed by atoms with van der Waals surface area (Å²) >= 11 is 10.8. The van der Waals surface area contributed by atoms with E-state index in [-0.39, 0.29) is 19.1 Å². The Kier molecular flexibility index (Phi) is 9.52. The summed E-state index contributed by atoms with van der Waals surface area (Å²) < 4.78 is 25.3. The maximum Gasteiger partial charge on any atom is 0.267 e. The van der Waals surface area contributed by atoms with Gasteiger partial charge in [0.2, 0.25) is 0 Å². The van der Waals surface area contributed by atoms with E-state index in [0.29, 0.717) is 37.9 Å². The van der Waals surface area contributed by atoms with Crippen LogP contribution < -0.4 is 10.1 Å². The van der Waals surface area contributed by atoms with E-state index >= 15 is 0 Å². The van der Waals surface area contributed by atoms with Gasteiger partial charge in [0.1, 0.15) is 17.3 Å². The monoisotopic (exact) mass is 666 g/mol. The van der Waals surface area contributed by atoms with Gasteiger partial charge >= 0.3 is 0 Å². The molecule has 1 saturated heterocycles. The molecule has 0 atom stereocenters. The number of nitrogens with zero attached hydrogens (tertiary/aromatic N) is 3. The van der Waals surface area contributed by atoms with E-state index in [9.17, 15) is 14.0 Å². The number of halogens is 3. The van der Waals surface area contributed by atoms with Gasteiger partial charge in [-0.05, 0) is 90.1 Å². The van der Waals surface area contributed by atoms with Gasteiger partial charge in [-0.2, -0.15) is 5.10 Å². The summed E-state index contributed by atoms with van der Waals surface area (Å²) in [4.78, 5) is 27.7. The Hall–Kier alpha value is -4.19. The van der Waals surface area contributed by atoms with E-state index in [1.54, 1.807) is 42.6 Å². The van der Waals surface area contributed by atoms with E-state index in [4.69, 9.17) is 20.8 Å². The molecule has 0 saturated carbocycles. The van der Waals surface area contributed by atoms with Gasteiger partial charge < -0.3 is 14.5 Å². The summed E-state index contributed by atoms with van der Waals surface area (Å²) in [6.45, 7) is -0.163. The van der Waals surface area contributed by atoms with Gasteiger partial charge in [0.15, 0.2) is 11.8 Å². The molecule has 5 rings (SSSR count). The number of benzene rings is 3. The molecule has 1 aromatic heterocycles. The number of rotatable bonds is 9. The molecule has 212 valence electrons. The zero-order chi connectivity index (χ0) is 29.5. The zero-order valence-electron chi connectivity index (χ0n) is 21.7. The van der Waals surface area contributed by atoms with Gasteiger partial charge in [-0.15, -0.1) is 5.10 Å². The molecule has 1 fully saturated rings. The van der Waals surface area contributed by atoms with Crippen molar-refractivity contribution in [1.82, 2.24) is 4.90 Å². The first kappa shape index (κ1) is 29.3. The highest BCUT2D eigenvalue weighted by molar-refractivity contribution is 9.10. The van der Waals surface area contributed by atoms with Crippen molar-refractivity contribution in [1.29, 1.82) is 0 Å². The third-order valence-electron chi connectivity index (χ3n) is 5.75. The van der Waals surface area contributed by atoms with Crippen molar-refractivity contribution < 1.29 is 23.1 Å². The van der Waals surface area contributed by atoms with Crippen molar-refractivity contribution >= 4 is 74.3 Å². The maximum absolute atomic E-state index is 13.5. The molecule has 8 nitrogen and oxygen atoms in total. The molecule has 2 amide bonds. The molecule has 0 aliphatic carbocycles. The second kappa shape index (κ2) is 13.6. The van der Waals surface area contributed by atoms with Crippen LogP contribution in [-0.4, -0.2) is 34.7 Å². The fourth-order valence-electron chi connectivity index (χ4n) is 3.75. The highest BCUT2D eigenvalue weighted by Gasteiger charge is 2.34. The number of carbonyl (C=O) groups excluding carboxylic acids is 2. The molecule has 2 heterocycles. The molecule has 1 N–H and O–H groups in total. The maximum atomic E-state index is 13.5. The number of carbonyl (C=O) groups is 2. The number of amides is 2. The molecular weight excluding hydrogens is 647 g/mol. The number of hydrogen-bond acceptors (Lipinski definition) is 7. The minimum absolute atomic E-state index is 0.158. The van der Waals surface area contributed by atoms with Gasteiger partial charge in [-0.25, -0.2) is 4.39 Å². The standard InChI is InChI=1S/C30H21BrClFN4O4S/c31-21-5-3-19(4-6-21)16-34-36-30-37(17-25-2-1-13-40-25)29(39)27(42-30)15-20-14-22(32)7-12-26(20)41-18-28(38)35-24-10-8-23(33)9-11-24/h1-16H,17-18H2,(H,35,38)/b27-15-,34-16-,36-30+. The van der Waals surface area contributed by atoms with Gasteiger partial charge in [-0.3, -0.25) is 14.5 Å². The first-order valence-corrected chi connectivity index (χ1v) is 14.4. The Bertz CT molecular complexity index is 1680. The van der Waals surface area contributed by atoms with E-state index < -0.39 is 11.7 Å². The second-order valence-electron chi connectivity index (χ2n) is 8.79. The van der Waals surface area contributed by atoms with Crippen molar-refractivity contribution in [3.63, 3.8) is 0 Å². The molecule has 0 radical (unpaired) electrons. The highest BCUT2D eigenvalue weighted by atomic mass is 79.9. The van der Waals surface area contributed by atoms with Crippen molar-refractivity contribution in [3.05, 3.63) is 122 Å². The minimum Gasteiger partial charge on any atom is -0.483 e. The average Bonchev–Trinajstić information content (AvgIpc) is 3.59. The van der Waals surface area contributed by atoms with E-state index in [1.165, 1.54) is 35.4 Å². The molecule has 4 aromatic rings. The summed E-state index contributed by atoms with van der Waals surface area (Å²) in [5.41, 5.74) is 1.77. The molecule has 0 spiro atoms. The summed E-state index contributed by atoms with van der Waals surface area (Å²) in [6, 6.07) is 21.3. The minimum atomic E-state index is -0.441. The lowest BCUT2D eigenvalue weighted by atomic mass is 10.2. The zero-order valence-corrected chi connectivity index (χ0v) is 24.8. The summed E-state index contributed by atoms with van der Waals surface area (Å²) in [5.74, 6) is -0.243. The van der Waals surface area contributed by atoms with Crippen LogP contribution >= 0.6 is 39.3 Å². The Balaban J connectivity index is 1.36. The molecular formula is C30H21BrClFN4O4S. The number of nitrogens with one attached hydrogen (secondary N) is 1. The number of anilines is 1. The largest absolute Gasteiger partial charge is 0.483 e. The van der Waals surface area contributed by atoms with Crippen LogP contribution in [0.25, 0.3) is 6.08 Å². The smallest absolute Gasteiger partial charge is 0.267 e. The SMILES string of the molecule is O=C(COc1ccc(Cl)cc1/C=C1\S/C(=N/N=C\c2ccc(Br)cc2)N(Cc2ccco2)C1=O)Nc1ccc(F)cc1. The molecule has 0 unspecified atom stereocenters. The van der Waals surface area contributed by atoms with Crippen LogP contribution in [0, 0.1) is 5.82 Å². The Labute approximate surface area is 258 Å². The van der Waals surface area contributed by atoms with Gasteiger partial charge in [0.05, 0.1) is 23.9 Å². The van der Waals surface area contributed by atoms with E-state index in [0.717, 1.165) is 21.8 Å². The number of thioether (sulfide) groups is 1. The second-order valence-corrected chi connectivity index (χ2v) is 11.1.